The Balaban J connectivity index is 2.70. The molecular weight excluding hydrogens is 220 g/mol. The van der Waals surface area contributed by atoms with Crippen LogP contribution < -0.4 is 16.5 Å². The third-order valence-corrected chi connectivity index (χ3v) is 2.97. The maximum Gasteiger partial charge on any atom is 0.247 e. The molecule has 1 saturated carbocycles. The van der Waals surface area contributed by atoms with Crippen LogP contribution in [-0.4, -0.2) is 30.4 Å². The van der Waals surface area contributed by atoms with E-state index in [9.17, 15) is 9.59 Å². The van der Waals surface area contributed by atoms with Gasteiger partial charge in [0.15, 0.2) is 0 Å². The van der Waals surface area contributed by atoms with E-state index in [-0.39, 0.29) is 11.9 Å². The average molecular weight is 240 g/mol. The van der Waals surface area contributed by atoms with Crippen LogP contribution in [0, 0.1) is 0 Å². The first-order chi connectivity index (χ1) is 8.19. The molecule has 0 atom stereocenters. The summed E-state index contributed by atoms with van der Waals surface area (Å²) in [7, 11) is 1.53. The molecule has 1 fully saturated rings. The predicted octanol–water partition coefficient (Wildman–Crippen LogP) is -0.172. The van der Waals surface area contributed by atoms with Crippen molar-refractivity contribution in [3.05, 3.63) is 11.9 Å². The Kier molecular flexibility index (Phi) is 5.48. The van der Waals surface area contributed by atoms with Gasteiger partial charge in [0.1, 0.15) is 5.82 Å². The van der Waals surface area contributed by atoms with E-state index >= 15 is 0 Å². The molecule has 0 bridgehead atoms. The summed E-state index contributed by atoms with van der Waals surface area (Å²) in [4.78, 5) is 21.8. The summed E-state index contributed by atoms with van der Waals surface area (Å²) in [5.41, 5.74) is 0. The SMILES string of the molecule is CNC(=O)/C=C(\NC=O)N(N)C1CCCCC1. The molecule has 0 aromatic heterocycles. The lowest BCUT2D eigenvalue weighted by molar-refractivity contribution is -0.116. The molecule has 2 amide bonds. The fourth-order valence-corrected chi connectivity index (χ4v) is 2.00. The second-order valence-electron chi connectivity index (χ2n) is 4.11. The molecule has 17 heavy (non-hydrogen) atoms. The van der Waals surface area contributed by atoms with Crippen LogP contribution in [-0.2, 0) is 9.59 Å². The Labute approximate surface area is 101 Å². The van der Waals surface area contributed by atoms with Gasteiger partial charge in [0.25, 0.3) is 0 Å². The van der Waals surface area contributed by atoms with E-state index in [2.05, 4.69) is 10.6 Å². The molecule has 0 aliphatic heterocycles. The summed E-state index contributed by atoms with van der Waals surface area (Å²) < 4.78 is 0. The number of hydrogen-bond acceptors (Lipinski definition) is 4. The maximum absolute atomic E-state index is 11.3. The second-order valence-corrected chi connectivity index (χ2v) is 4.11. The van der Waals surface area contributed by atoms with Gasteiger partial charge in [-0.1, -0.05) is 19.3 Å². The number of likely N-dealkylation sites (N-methyl/N-ethyl adjacent to an activating group) is 1. The first-order valence-corrected chi connectivity index (χ1v) is 5.86. The lowest BCUT2D eigenvalue weighted by Crippen LogP contribution is -2.45. The van der Waals surface area contributed by atoms with E-state index in [1.54, 1.807) is 0 Å². The summed E-state index contributed by atoms with van der Waals surface area (Å²) in [5.74, 6) is 5.99. The Hall–Kier alpha value is -1.56. The fraction of sp³-hybridized carbons (Fsp3) is 0.636. The van der Waals surface area contributed by atoms with Crippen LogP contribution in [0.5, 0.6) is 0 Å². The standard InChI is InChI=1S/C11H20N4O2/c1-13-11(17)7-10(14-8-16)15(12)9-5-3-2-4-6-9/h7-9H,2-6,12H2,1H3,(H,13,17)(H,14,16)/b10-7+. The molecule has 1 rings (SSSR count). The van der Waals surface area contributed by atoms with Gasteiger partial charge in [0, 0.05) is 19.2 Å². The van der Waals surface area contributed by atoms with Gasteiger partial charge in [0.05, 0.1) is 0 Å². The quantitative estimate of drug-likeness (QED) is 0.269. The number of nitrogens with two attached hydrogens (primary N) is 1. The number of nitrogens with zero attached hydrogens (tertiary/aromatic N) is 1. The molecule has 0 aromatic carbocycles. The molecule has 0 spiro atoms. The Morgan fingerprint density at radius 3 is 2.53 bits per heavy atom. The topological polar surface area (TPSA) is 87.5 Å². The third kappa shape index (κ3) is 4.07. The van der Waals surface area contributed by atoms with Crippen LogP contribution in [0.25, 0.3) is 0 Å². The first kappa shape index (κ1) is 13.5. The highest BCUT2D eigenvalue weighted by Crippen LogP contribution is 2.22. The zero-order valence-electron chi connectivity index (χ0n) is 10.1. The maximum atomic E-state index is 11.3. The molecular formula is C11H20N4O2. The number of carbonyl (C=O) groups is 2. The minimum Gasteiger partial charge on any atom is -0.356 e. The zero-order valence-corrected chi connectivity index (χ0v) is 10.1. The number of amides is 2. The van der Waals surface area contributed by atoms with Gasteiger partial charge >= 0.3 is 0 Å². The third-order valence-electron chi connectivity index (χ3n) is 2.97. The number of nitrogens with one attached hydrogen (secondary N) is 2. The van der Waals surface area contributed by atoms with Crippen molar-refractivity contribution < 1.29 is 9.59 Å². The van der Waals surface area contributed by atoms with Gasteiger partial charge in [-0.15, -0.1) is 0 Å². The second kappa shape index (κ2) is 6.90. The van der Waals surface area contributed by atoms with Crippen molar-refractivity contribution in [3.63, 3.8) is 0 Å². The monoisotopic (exact) mass is 240 g/mol. The van der Waals surface area contributed by atoms with Gasteiger partial charge in [-0.25, -0.2) is 5.84 Å². The summed E-state index contributed by atoms with van der Waals surface area (Å²) in [6, 6.07) is 0.187. The van der Waals surface area contributed by atoms with Crippen LogP contribution in [0.15, 0.2) is 11.9 Å². The number of hydrazine groups is 1. The number of hydrogen-bond donors (Lipinski definition) is 3. The van der Waals surface area contributed by atoms with Crippen molar-refractivity contribution in [2.45, 2.75) is 38.1 Å². The van der Waals surface area contributed by atoms with Crippen molar-refractivity contribution in [2.24, 2.45) is 5.84 Å². The summed E-state index contributed by atoms with van der Waals surface area (Å²) in [6.45, 7) is 0. The van der Waals surface area contributed by atoms with Gasteiger partial charge in [-0.2, -0.15) is 0 Å². The molecule has 96 valence electrons. The molecule has 0 aromatic rings. The number of carbonyl (C=O) groups excluding carboxylic acids is 2. The Morgan fingerprint density at radius 1 is 1.35 bits per heavy atom. The molecule has 0 radical (unpaired) electrons. The van der Waals surface area contributed by atoms with Crippen LogP contribution in [0.4, 0.5) is 0 Å². The normalized spacial score (nSPS) is 17.4. The minimum atomic E-state index is -0.291. The highest BCUT2D eigenvalue weighted by atomic mass is 16.1. The van der Waals surface area contributed by atoms with Gasteiger partial charge in [-0.3, -0.25) is 14.6 Å². The lowest BCUT2D eigenvalue weighted by Gasteiger charge is -2.33. The molecule has 6 heteroatoms. The highest BCUT2D eigenvalue weighted by Gasteiger charge is 2.20. The van der Waals surface area contributed by atoms with E-state index in [1.807, 2.05) is 0 Å². The predicted molar refractivity (Wildman–Crippen MR) is 64.2 cm³/mol. The molecule has 4 N–H and O–H groups in total. The molecule has 0 saturated heterocycles. The number of rotatable bonds is 5. The molecule has 0 unspecified atom stereocenters. The van der Waals surface area contributed by atoms with Crippen molar-refractivity contribution >= 4 is 12.3 Å². The molecule has 1 aliphatic rings. The van der Waals surface area contributed by atoms with E-state index in [0.717, 1.165) is 25.7 Å². The molecule has 1 aliphatic carbocycles. The van der Waals surface area contributed by atoms with E-state index < -0.39 is 0 Å². The average Bonchev–Trinajstić information content (AvgIpc) is 2.38. The summed E-state index contributed by atoms with van der Waals surface area (Å²) in [5, 5.41) is 6.41. The van der Waals surface area contributed by atoms with E-state index in [1.165, 1.54) is 24.6 Å². The van der Waals surface area contributed by atoms with Crippen molar-refractivity contribution in [1.82, 2.24) is 15.6 Å². The van der Waals surface area contributed by atoms with Crippen molar-refractivity contribution in [2.75, 3.05) is 7.05 Å². The fourth-order valence-electron chi connectivity index (χ4n) is 2.00. The first-order valence-electron chi connectivity index (χ1n) is 5.86. The van der Waals surface area contributed by atoms with Crippen LogP contribution in [0.2, 0.25) is 0 Å². The zero-order chi connectivity index (χ0) is 12.7. The molecule has 6 nitrogen and oxygen atoms in total. The van der Waals surface area contributed by atoms with E-state index in [0.29, 0.717) is 12.2 Å². The Morgan fingerprint density at radius 2 is 2.00 bits per heavy atom. The highest BCUT2D eigenvalue weighted by molar-refractivity contribution is 5.88. The van der Waals surface area contributed by atoms with Crippen LogP contribution in [0.1, 0.15) is 32.1 Å². The summed E-state index contributed by atoms with van der Waals surface area (Å²) in [6.07, 6.45) is 7.28. The smallest absolute Gasteiger partial charge is 0.247 e. The van der Waals surface area contributed by atoms with Gasteiger partial charge in [-0.05, 0) is 12.8 Å². The van der Waals surface area contributed by atoms with Crippen LogP contribution >= 0.6 is 0 Å². The van der Waals surface area contributed by atoms with Crippen molar-refractivity contribution in [3.8, 4) is 0 Å². The van der Waals surface area contributed by atoms with Gasteiger partial charge < -0.3 is 10.6 Å². The van der Waals surface area contributed by atoms with Crippen LogP contribution in [0.3, 0.4) is 0 Å². The largest absolute Gasteiger partial charge is 0.356 e. The van der Waals surface area contributed by atoms with Crippen molar-refractivity contribution in [1.29, 1.82) is 0 Å². The van der Waals surface area contributed by atoms with E-state index in [4.69, 9.17) is 5.84 Å². The minimum absolute atomic E-state index is 0.187. The lowest BCUT2D eigenvalue weighted by atomic mass is 9.95. The summed E-state index contributed by atoms with van der Waals surface area (Å²) >= 11 is 0. The molecule has 0 heterocycles. The van der Waals surface area contributed by atoms with Gasteiger partial charge in [0.2, 0.25) is 12.3 Å². The Bertz CT molecular complexity index is 298.